The van der Waals surface area contributed by atoms with E-state index in [4.69, 9.17) is 9.51 Å². The van der Waals surface area contributed by atoms with Crippen LogP contribution in [0.4, 0.5) is 5.95 Å². The summed E-state index contributed by atoms with van der Waals surface area (Å²) in [4.78, 5) is 18.0. The van der Waals surface area contributed by atoms with Crippen LogP contribution in [0.3, 0.4) is 0 Å². The molecule has 4 rings (SSSR count). The summed E-state index contributed by atoms with van der Waals surface area (Å²) in [7, 11) is 0. The Morgan fingerprint density at radius 2 is 2.00 bits per heavy atom. The Balaban J connectivity index is 1.82. The number of hydrogen-bond acceptors (Lipinski definition) is 7. The standard InChI is InChI=1S/C19H22N6O/c1-3-16-17(12(2)25-26-16)18-14(15-11-20-8-9-21-15)10-22-19(24-18)23-13-6-4-5-7-13/h8-11,13H,3-7H2,1-2H3,(H,22,23,24). The number of rotatable bonds is 5. The van der Waals surface area contributed by atoms with Crippen LogP contribution in [0.5, 0.6) is 0 Å². The zero-order chi connectivity index (χ0) is 17.9. The fraction of sp³-hybridized carbons (Fsp3) is 0.421. The second-order valence-electron chi connectivity index (χ2n) is 6.59. The number of anilines is 1. The first kappa shape index (κ1) is 16.6. The van der Waals surface area contributed by atoms with Crippen LogP contribution in [0, 0.1) is 6.92 Å². The molecule has 0 radical (unpaired) electrons. The van der Waals surface area contributed by atoms with E-state index in [1.165, 1.54) is 12.8 Å². The van der Waals surface area contributed by atoms with Crippen LogP contribution in [0.15, 0.2) is 29.3 Å². The Kier molecular flexibility index (Phi) is 4.60. The third-order valence-corrected chi connectivity index (χ3v) is 4.81. The minimum Gasteiger partial charge on any atom is -0.360 e. The van der Waals surface area contributed by atoms with E-state index >= 15 is 0 Å². The summed E-state index contributed by atoms with van der Waals surface area (Å²) in [5.74, 6) is 1.46. The first-order valence-corrected chi connectivity index (χ1v) is 9.11. The van der Waals surface area contributed by atoms with Crippen molar-refractivity contribution in [2.45, 2.75) is 52.0 Å². The summed E-state index contributed by atoms with van der Waals surface area (Å²) >= 11 is 0. The number of hydrogen-bond donors (Lipinski definition) is 1. The minimum absolute atomic E-state index is 0.444. The lowest BCUT2D eigenvalue weighted by atomic mass is 10.0. The zero-order valence-corrected chi connectivity index (χ0v) is 15.1. The van der Waals surface area contributed by atoms with Crippen molar-refractivity contribution in [3.8, 4) is 22.5 Å². The highest BCUT2D eigenvalue weighted by molar-refractivity contribution is 5.80. The van der Waals surface area contributed by atoms with E-state index in [9.17, 15) is 0 Å². The third kappa shape index (κ3) is 3.16. The normalized spacial score (nSPS) is 14.7. The topological polar surface area (TPSA) is 89.6 Å². The largest absolute Gasteiger partial charge is 0.360 e. The summed E-state index contributed by atoms with van der Waals surface area (Å²) in [5.41, 5.74) is 4.09. The molecule has 1 aliphatic carbocycles. The second-order valence-corrected chi connectivity index (χ2v) is 6.59. The van der Waals surface area contributed by atoms with E-state index < -0.39 is 0 Å². The molecule has 7 heteroatoms. The minimum atomic E-state index is 0.444. The number of aromatic nitrogens is 5. The van der Waals surface area contributed by atoms with Crippen molar-refractivity contribution in [1.29, 1.82) is 0 Å². The maximum atomic E-state index is 5.50. The number of aryl methyl sites for hydroxylation is 2. The van der Waals surface area contributed by atoms with Crippen LogP contribution in [0.1, 0.15) is 44.1 Å². The zero-order valence-electron chi connectivity index (χ0n) is 15.1. The van der Waals surface area contributed by atoms with Crippen LogP contribution in [0.25, 0.3) is 22.5 Å². The van der Waals surface area contributed by atoms with Crippen LogP contribution in [0.2, 0.25) is 0 Å². The third-order valence-electron chi connectivity index (χ3n) is 4.81. The molecule has 7 nitrogen and oxygen atoms in total. The molecule has 0 saturated heterocycles. The quantitative estimate of drug-likeness (QED) is 0.748. The maximum absolute atomic E-state index is 5.50. The summed E-state index contributed by atoms with van der Waals surface area (Å²) in [6.07, 6.45) is 12.4. The van der Waals surface area contributed by atoms with Crippen LogP contribution in [-0.2, 0) is 6.42 Å². The lowest BCUT2D eigenvalue weighted by Gasteiger charge is -2.14. The van der Waals surface area contributed by atoms with E-state index in [-0.39, 0.29) is 0 Å². The maximum Gasteiger partial charge on any atom is 0.223 e. The molecule has 1 fully saturated rings. The molecular formula is C19H22N6O. The van der Waals surface area contributed by atoms with Gasteiger partial charge >= 0.3 is 0 Å². The van der Waals surface area contributed by atoms with Crippen molar-refractivity contribution in [1.82, 2.24) is 25.1 Å². The Bertz CT molecular complexity index is 886. The van der Waals surface area contributed by atoms with Crippen molar-refractivity contribution >= 4 is 5.95 Å². The summed E-state index contributed by atoms with van der Waals surface area (Å²) in [6.45, 7) is 3.98. The van der Waals surface area contributed by atoms with Crippen LogP contribution >= 0.6 is 0 Å². The predicted octanol–water partition coefficient (Wildman–Crippen LogP) is 3.81. The Labute approximate surface area is 152 Å². The van der Waals surface area contributed by atoms with Crippen molar-refractivity contribution in [2.24, 2.45) is 0 Å². The molecule has 1 saturated carbocycles. The molecular weight excluding hydrogens is 328 g/mol. The fourth-order valence-corrected chi connectivity index (χ4v) is 3.48. The molecule has 26 heavy (non-hydrogen) atoms. The fourth-order valence-electron chi connectivity index (χ4n) is 3.48. The van der Waals surface area contributed by atoms with Crippen molar-refractivity contribution in [3.05, 3.63) is 36.2 Å². The highest BCUT2D eigenvalue weighted by Gasteiger charge is 2.22. The molecule has 0 unspecified atom stereocenters. The first-order valence-electron chi connectivity index (χ1n) is 9.11. The van der Waals surface area contributed by atoms with Gasteiger partial charge < -0.3 is 9.84 Å². The van der Waals surface area contributed by atoms with Gasteiger partial charge in [0, 0.05) is 36.6 Å². The van der Waals surface area contributed by atoms with Gasteiger partial charge in [0.1, 0.15) is 5.76 Å². The monoisotopic (exact) mass is 350 g/mol. The number of nitrogens with one attached hydrogen (secondary N) is 1. The predicted molar refractivity (Wildman–Crippen MR) is 98.5 cm³/mol. The molecule has 0 aromatic carbocycles. The Hall–Kier alpha value is -2.83. The van der Waals surface area contributed by atoms with E-state index in [0.717, 1.165) is 53.2 Å². The van der Waals surface area contributed by atoms with Gasteiger partial charge in [-0.25, -0.2) is 9.97 Å². The van der Waals surface area contributed by atoms with Gasteiger partial charge in [0.2, 0.25) is 5.95 Å². The van der Waals surface area contributed by atoms with Gasteiger partial charge in [-0.05, 0) is 19.8 Å². The van der Waals surface area contributed by atoms with Gasteiger partial charge in [-0.2, -0.15) is 0 Å². The summed E-state index contributed by atoms with van der Waals surface area (Å²) < 4.78 is 5.50. The van der Waals surface area contributed by atoms with E-state index in [2.05, 4.69) is 25.4 Å². The van der Waals surface area contributed by atoms with Gasteiger partial charge in [-0.15, -0.1) is 0 Å². The molecule has 134 valence electrons. The van der Waals surface area contributed by atoms with E-state index in [0.29, 0.717) is 12.0 Å². The van der Waals surface area contributed by atoms with Gasteiger partial charge in [0.25, 0.3) is 0 Å². The van der Waals surface area contributed by atoms with E-state index in [1.54, 1.807) is 18.6 Å². The molecule has 3 aromatic rings. The summed E-state index contributed by atoms with van der Waals surface area (Å²) in [6, 6.07) is 0.444. The molecule has 0 amide bonds. The lowest BCUT2D eigenvalue weighted by Crippen LogP contribution is -2.17. The Morgan fingerprint density at radius 1 is 1.15 bits per heavy atom. The molecule has 0 atom stereocenters. The molecule has 0 spiro atoms. The summed E-state index contributed by atoms with van der Waals surface area (Å²) in [5, 5.41) is 7.61. The molecule has 1 N–H and O–H groups in total. The van der Waals surface area contributed by atoms with Gasteiger partial charge in [-0.3, -0.25) is 9.97 Å². The Morgan fingerprint density at radius 3 is 2.73 bits per heavy atom. The van der Waals surface area contributed by atoms with E-state index in [1.807, 2.05) is 20.0 Å². The molecule has 3 heterocycles. The molecule has 3 aromatic heterocycles. The second kappa shape index (κ2) is 7.19. The van der Waals surface area contributed by atoms with Crippen molar-refractivity contribution < 1.29 is 4.52 Å². The SMILES string of the molecule is CCc1onc(C)c1-c1nc(NC2CCCC2)ncc1-c1cnccn1. The van der Waals surface area contributed by atoms with Gasteiger partial charge in [0.05, 0.1) is 28.8 Å². The average Bonchev–Trinajstić information content (AvgIpc) is 3.31. The van der Waals surface area contributed by atoms with Gasteiger partial charge in [-0.1, -0.05) is 24.9 Å². The highest BCUT2D eigenvalue weighted by atomic mass is 16.5. The van der Waals surface area contributed by atoms with Gasteiger partial charge in [0.15, 0.2) is 0 Å². The first-order chi connectivity index (χ1) is 12.8. The molecule has 1 aliphatic rings. The van der Waals surface area contributed by atoms with Crippen molar-refractivity contribution in [3.63, 3.8) is 0 Å². The molecule has 0 bridgehead atoms. The van der Waals surface area contributed by atoms with Crippen LogP contribution in [-0.4, -0.2) is 31.1 Å². The van der Waals surface area contributed by atoms with Crippen LogP contribution < -0.4 is 5.32 Å². The average molecular weight is 350 g/mol. The van der Waals surface area contributed by atoms with Crippen molar-refractivity contribution in [2.75, 3.05) is 5.32 Å². The smallest absolute Gasteiger partial charge is 0.223 e. The lowest BCUT2D eigenvalue weighted by molar-refractivity contribution is 0.383. The highest BCUT2D eigenvalue weighted by Crippen LogP contribution is 2.34. The number of nitrogens with zero attached hydrogens (tertiary/aromatic N) is 5. The molecule has 0 aliphatic heterocycles.